The molecule has 0 radical (unpaired) electrons. The topological polar surface area (TPSA) is 77.5 Å². The molecule has 0 aromatic carbocycles. The molecule has 2 bridgehead atoms. The van der Waals surface area contributed by atoms with Crippen LogP contribution in [0.5, 0.6) is 0 Å². The van der Waals surface area contributed by atoms with E-state index in [9.17, 15) is 9.59 Å². The predicted octanol–water partition coefficient (Wildman–Crippen LogP) is 0.981. The first-order valence-corrected chi connectivity index (χ1v) is 10.3. The van der Waals surface area contributed by atoms with Crippen molar-refractivity contribution in [3.8, 4) is 11.8 Å². The number of ketones is 1. The highest BCUT2D eigenvalue weighted by Crippen LogP contribution is 2.10. The van der Waals surface area contributed by atoms with E-state index < -0.39 is 5.97 Å². The maximum absolute atomic E-state index is 12.0. The lowest BCUT2D eigenvalue weighted by molar-refractivity contribution is -0.138. The molecule has 1 fully saturated rings. The van der Waals surface area contributed by atoms with E-state index in [0.717, 1.165) is 52.1 Å². The third kappa shape index (κ3) is 8.99. The molecule has 2 heterocycles. The Bertz CT molecular complexity index is 691. The van der Waals surface area contributed by atoms with Crippen LogP contribution in [0.2, 0.25) is 0 Å². The fourth-order valence-electron chi connectivity index (χ4n) is 3.28. The standard InChI is InChI=1S/C22H32N2O6/c1-27-20-7-8-22(26)30-17-5-12-23-10-4-11-24(15-14-23)13-9-19(25)6-3-16-29-18-21(20)28-2/h7-8H,4-5,9-18H2,1-2H3/b8-7+,21-20+. The minimum Gasteiger partial charge on any atom is -0.495 e. The van der Waals surface area contributed by atoms with Crippen LogP contribution in [0.15, 0.2) is 23.7 Å². The van der Waals surface area contributed by atoms with Gasteiger partial charge in [0.15, 0.2) is 11.5 Å². The van der Waals surface area contributed by atoms with Gasteiger partial charge < -0.3 is 28.7 Å². The molecule has 8 heteroatoms. The Morgan fingerprint density at radius 1 is 0.933 bits per heavy atom. The lowest BCUT2D eigenvalue weighted by atomic mass is 10.2. The number of allylic oxidation sites excluding steroid dienone is 1. The highest BCUT2D eigenvalue weighted by molar-refractivity contribution is 5.95. The SMILES string of the molecule is COC1=C(/OC)COCC#CC(=O)CCN2CCCN(CCCOC(=O)\C=C\1)CC2. The van der Waals surface area contributed by atoms with E-state index in [0.29, 0.717) is 24.5 Å². The summed E-state index contributed by atoms with van der Waals surface area (Å²) in [5.74, 6) is 5.64. The molecule has 30 heavy (non-hydrogen) atoms. The van der Waals surface area contributed by atoms with E-state index >= 15 is 0 Å². The van der Waals surface area contributed by atoms with Gasteiger partial charge in [-0.1, -0.05) is 5.92 Å². The maximum Gasteiger partial charge on any atom is 0.330 e. The minimum absolute atomic E-state index is 0.0794. The molecule has 0 spiro atoms. The van der Waals surface area contributed by atoms with Crippen LogP contribution in [-0.4, -0.2) is 94.9 Å². The van der Waals surface area contributed by atoms with Gasteiger partial charge in [0.25, 0.3) is 0 Å². The largest absolute Gasteiger partial charge is 0.495 e. The van der Waals surface area contributed by atoms with E-state index in [1.807, 2.05) is 0 Å². The number of rotatable bonds is 2. The summed E-state index contributed by atoms with van der Waals surface area (Å²) in [7, 11) is 2.97. The number of nitrogens with zero attached hydrogens (tertiary/aromatic N) is 2. The number of ether oxygens (including phenoxy) is 4. The second-order valence-corrected chi connectivity index (χ2v) is 7.05. The lowest BCUT2D eigenvalue weighted by Gasteiger charge is -2.21. The van der Waals surface area contributed by atoms with E-state index in [1.54, 1.807) is 0 Å². The van der Waals surface area contributed by atoms with Crippen molar-refractivity contribution < 1.29 is 28.5 Å². The Kier molecular flexibility index (Phi) is 11.0. The van der Waals surface area contributed by atoms with Gasteiger partial charge in [0.05, 0.1) is 20.8 Å². The molecular weight excluding hydrogens is 388 g/mol. The van der Waals surface area contributed by atoms with Crippen LogP contribution in [-0.2, 0) is 28.5 Å². The number of hydrogen-bond acceptors (Lipinski definition) is 8. The zero-order valence-corrected chi connectivity index (χ0v) is 18.0. The normalized spacial score (nSPS) is 28.9. The Morgan fingerprint density at radius 3 is 2.40 bits per heavy atom. The Hall–Kier alpha value is -2.34. The van der Waals surface area contributed by atoms with Crippen LogP contribution in [0.25, 0.3) is 0 Å². The first kappa shape index (κ1) is 23.9. The quantitative estimate of drug-likeness (QED) is 0.372. The highest BCUT2D eigenvalue weighted by atomic mass is 16.5. The van der Waals surface area contributed by atoms with Crippen molar-refractivity contribution >= 4 is 11.8 Å². The molecule has 0 saturated carbocycles. The molecular formula is C22H32N2O6. The van der Waals surface area contributed by atoms with E-state index in [1.165, 1.54) is 26.4 Å². The highest BCUT2D eigenvalue weighted by Gasteiger charge is 2.15. The van der Waals surface area contributed by atoms with Crippen LogP contribution in [0, 0.1) is 11.8 Å². The molecule has 8 nitrogen and oxygen atoms in total. The molecule has 0 aromatic rings. The summed E-state index contributed by atoms with van der Waals surface area (Å²) >= 11 is 0. The minimum atomic E-state index is -0.432. The van der Waals surface area contributed by atoms with Gasteiger partial charge in [-0.3, -0.25) is 4.79 Å². The van der Waals surface area contributed by atoms with Gasteiger partial charge in [-0.25, -0.2) is 4.79 Å². The predicted molar refractivity (Wildman–Crippen MR) is 111 cm³/mol. The zero-order chi connectivity index (χ0) is 21.6. The molecule has 1 saturated heterocycles. The van der Waals surface area contributed by atoms with Crippen LogP contribution in [0.3, 0.4) is 0 Å². The first-order valence-electron chi connectivity index (χ1n) is 10.3. The first-order chi connectivity index (χ1) is 14.6. The van der Waals surface area contributed by atoms with E-state index in [4.69, 9.17) is 18.9 Å². The van der Waals surface area contributed by atoms with Crippen LogP contribution < -0.4 is 0 Å². The Morgan fingerprint density at radius 2 is 1.67 bits per heavy atom. The molecule has 0 aromatic heterocycles. The van der Waals surface area contributed by atoms with Crippen molar-refractivity contribution in [2.75, 3.05) is 73.3 Å². The van der Waals surface area contributed by atoms with Gasteiger partial charge in [-0.2, -0.15) is 0 Å². The molecule has 0 N–H and O–H groups in total. The average molecular weight is 421 g/mol. The van der Waals surface area contributed by atoms with Crippen molar-refractivity contribution in [3.63, 3.8) is 0 Å². The molecule has 2 rings (SSSR count). The number of hydrogen-bond donors (Lipinski definition) is 0. The molecule has 0 amide bonds. The van der Waals surface area contributed by atoms with Crippen LogP contribution in [0.1, 0.15) is 19.3 Å². The van der Waals surface area contributed by atoms with Gasteiger partial charge in [-0.05, 0) is 37.9 Å². The second-order valence-electron chi connectivity index (χ2n) is 7.05. The molecule has 2 unspecified atom stereocenters. The maximum atomic E-state index is 12.0. The van der Waals surface area contributed by atoms with E-state index in [-0.39, 0.29) is 19.0 Å². The van der Waals surface area contributed by atoms with Gasteiger partial charge in [0.2, 0.25) is 5.78 Å². The summed E-state index contributed by atoms with van der Waals surface area (Å²) < 4.78 is 21.3. The van der Waals surface area contributed by atoms with Crippen LogP contribution >= 0.6 is 0 Å². The van der Waals surface area contributed by atoms with Crippen LogP contribution in [0.4, 0.5) is 0 Å². The molecule has 2 aliphatic heterocycles. The third-order valence-corrected chi connectivity index (χ3v) is 4.95. The fraction of sp³-hybridized carbons (Fsp3) is 0.636. The smallest absolute Gasteiger partial charge is 0.330 e. The number of cyclic esters (lactones) is 1. The molecule has 0 aliphatic carbocycles. The monoisotopic (exact) mass is 420 g/mol. The zero-order valence-electron chi connectivity index (χ0n) is 18.0. The molecule has 166 valence electrons. The summed E-state index contributed by atoms with van der Waals surface area (Å²) in [6.07, 6.45) is 5.06. The summed E-state index contributed by atoms with van der Waals surface area (Å²) in [5, 5.41) is 0. The summed E-state index contributed by atoms with van der Waals surface area (Å²) in [4.78, 5) is 28.7. The van der Waals surface area contributed by atoms with Crippen molar-refractivity contribution in [2.24, 2.45) is 0 Å². The number of fused-ring (bicyclic) bond motifs is 3. The summed E-state index contributed by atoms with van der Waals surface area (Å²) in [5.41, 5.74) is 0. The third-order valence-electron chi connectivity index (χ3n) is 4.95. The summed E-state index contributed by atoms with van der Waals surface area (Å²) in [6, 6.07) is 0. The lowest BCUT2D eigenvalue weighted by Crippen LogP contribution is -2.32. The van der Waals surface area contributed by atoms with Gasteiger partial charge in [-0.15, -0.1) is 0 Å². The van der Waals surface area contributed by atoms with E-state index in [2.05, 4.69) is 21.6 Å². The van der Waals surface area contributed by atoms with Crippen molar-refractivity contribution in [1.82, 2.24) is 9.80 Å². The summed E-state index contributed by atoms with van der Waals surface area (Å²) in [6.45, 7) is 6.03. The van der Waals surface area contributed by atoms with Gasteiger partial charge >= 0.3 is 5.97 Å². The Balaban J connectivity index is 2.04. The van der Waals surface area contributed by atoms with Crippen molar-refractivity contribution in [3.05, 3.63) is 23.7 Å². The molecule has 2 aliphatic rings. The number of esters is 1. The second kappa shape index (κ2) is 13.8. The fourth-order valence-corrected chi connectivity index (χ4v) is 3.28. The average Bonchev–Trinajstić information content (AvgIpc) is 2.98. The van der Waals surface area contributed by atoms with Crippen molar-refractivity contribution in [1.29, 1.82) is 0 Å². The number of carbonyl (C=O) groups is 2. The number of carbonyl (C=O) groups excluding carboxylic acids is 2. The number of methoxy groups -OCH3 is 2. The Labute approximate surface area is 178 Å². The van der Waals surface area contributed by atoms with Gasteiger partial charge in [0, 0.05) is 38.7 Å². The van der Waals surface area contributed by atoms with Crippen molar-refractivity contribution in [2.45, 2.75) is 19.3 Å². The molecule has 2 atom stereocenters. The van der Waals surface area contributed by atoms with Gasteiger partial charge in [0.1, 0.15) is 13.2 Å². The number of Topliss-reactive ketones (excluding diaryl/α,β-unsaturated/α-hetero) is 1.